The van der Waals surface area contributed by atoms with E-state index in [4.69, 9.17) is 9.47 Å². The smallest absolute Gasteiger partial charge is 0.335 e. The molecule has 0 spiro atoms. The average molecular weight is 264 g/mol. The Morgan fingerprint density at radius 3 is 2.21 bits per heavy atom. The molecule has 0 aromatic heterocycles. The minimum Gasteiger partial charge on any atom is -0.462 e. The summed E-state index contributed by atoms with van der Waals surface area (Å²) in [4.78, 5) is 24.0. The molecule has 0 saturated heterocycles. The van der Waals surface area contributed by atoms with Crippen LogP contribution in [-0.2, 0) is 19.1 Å². The van der Waals surface area contributed by atoms with E-state index >= 15 is 0 Å². The van der Waals surface area contributed by atoms with Gasteiger partial charge in [-0.25, -0.2) is 4.79 Å². The van der Waals surface area contributed by atoms with Crippen LogP contribution in [0.25, 0.3) is 0 Å². The van der Waals surface area contributed by atoms with Gasteiger partial charge < -0.3 is 9.47 Å². The van der Waals surface area contributed by atoms with Crippen LogP contribution in [0.3, 0.4) is 0 Å². The van der Waals surface area contributed by atoms with Gasteiger partial charge in [0.25, 0.3) is 0 Å². The number of hydrogen-bond acceptors (Lipinski definition) is 4. The molecular weight excluding hydrogens is 244 g/mol. The molecule has 0 aromatic carbocycles. The van der Waals surface area contributed by atoms with Crippen LogP contribution in [0.2, 0.25) is 0 Å². The van der Waals surface area contributed by atoms with Gasteiger partial charge in [-0.05, 0) is 27.7 Å². The maximum Gasteiger partial charge on any atom is 0.335 e. The van der Waals surface area contributed by atoms with Crippen molar-refractivity contribution in [2.45, 2.75) is 39.9 Å². The molecule has 4 heteroatoms. The van der Waals surface area contributed by atoms with Gasteiger partial charge in [-0.3, -0.25) is 4.79 Å². The summed E-state index contributed by atoms with van der Waals surface area (Å²) in [6, 6.07) is 0. The second kappa shape index (κ2) is 6.92. The van der Waals surface area contributed by atoms with Gasteiger partial charge >= 0.3 is 11.9 Å². The molecule has 4 nitrogen and oxygen atoms in total. The Balaban J connectivity index is 2.92. The first-order chi connectivity index (χ1) is 8.91. The predicted molar refractivity (Wildman–Crippen MR) is 72.3 cm³/mol. The molecule has 0 heterocycles. The highest BCUT2D eigenvalue weighted by atomic mass is 16.5. The standard InChI is InChI=1S/C15H20O4/c1-10(2)18-14(16)12-8-6-5-7-9-13(12)15(17)19-11(3)4/h5-12H,1-4H3. The number of hydrogen-bond donors (Lipinski definition) is 0. The average Bonchev–Trinajstić information content (AvgIpc) is 2.51. The van der Waals surface area contributed by atoms with Crippen molar-refractivity contribution in [1.82, 2.24) is 0 Å². The van der Waals surface area contributed by atoms with Crippen molar-refractivity contribution in [1.29, 1.82) is 0 Å². The highest BCUT2D eigenvalue weighted by Gasteiger charge is 2.29. The van der Waals surface area contributed by atoms with E-state index in [2.05, 4.69) is 0 Å². The predicted octanol–water partition coefficient (Wildman–Crippen LogP) is 2.56. The Labute approximate surface area is 113 Å². The zero-order valence-electron chi connectivity index (χ0n) is 11.8. The summed E-state index contributed by atoms with van der Waals surface area (Å²) in [6.45, 7) is 7.07. The second-order valence-electron chi connectivity index (χ2n) is 4.81. The van der Waals surface area contributed by atoms with Crippen LogP contribution in [-0.4, -0.2) is 24.1 Å². The first-order valence-electron chi connectivity index (χ1n) is 6.38. The third-order valence-corrected chi connectivity index (χ3v) is 2.32. The Kier molecular flexibility index (Phi) is 5.55. The molecular formula is C15H20O4. The van der Waals surface area contributed by atoms with Crippen molar-refractivity contribution in [2.24, 2.45) is 5.92 Å². The van der Waals surface area contributed by atoms with Gasteiger partial charge in [0.1, 0.15) is 5.92 Å². The quantitative estimate of drug-likeness (QED) is 0.732. The van der Waals surface area contributed by atoms with Gasteiger partial charge in [0, 0.05) is 0 Å². The summed E-state index contributed by atoms with van der Waals surface area (Å²) < 4.78 is 10.3. The molecule has 1 atom stereocenters. The number of allylic oxidation sites excluding steroid dienone is 4. The van der Waals surface area contributed by atoms with Crippen molar-refractivity contribution >= 4 is 11.9 Å². The summed E-state index contributed by atoms with van der Waals surface area (Å²) in [7, 11) is 0. The topological polar surface area (TPSA) is 52.6 Å². The molecule has 0 N–H and O–H groups in total. The number of ether oxygens (including phenoxy) is 2. The van der Waals surface area contributed by atoms with Crippen LogP contribution in [0.1, 0.15) is 27.7 Å². The highest BCUT2D eigenvalue weighted by molar-refractivity contribution is 5.97. The zero-order chi connectivity index (χ0) is 14.4. The molecule has 0 aliphatic heterocycles. The third kappa shape index (κ3) is 4.73. The van der Waals surface area contributed by atoms with Crippen molar-refractivity contribution in [3.63, 3.8) is 0 Å². The van der Waals surface area contributed by atoms with Crippen LogP contribution in [0.15, 0.2) is 36.0 Å². The fraction of sp³-hybridized carbons (Fsp3) is 0.467. The highest BCUT2D eigenvalue weighted by Crippen LogP contribution is 2.20. The monoisotopic (exact) mass is 264 g/mol. The molecule has 0 bridgehead atoms. The van der Waals surface area contributed by atoms with E-state index in [1.54, 1.807) is 58.1 Å². The normalized spacial score (nSPS) is 18.2. The number of carbonyl (C=O) groups excluding carboxylic acids is 2. The second-order valence-corrected chi connectivity index (χ2v) is 4.81. The van der Waals surface area contributed by atoms with E-state index in [1.807, 2.05) is 0 Å². The number of carbonyl (C=O) groups is 2. The van der Waals surface area contributed by atoms with Gasteiger partial charge in [0.15, 0.2) is 0 Å². The van der Waals surface area contributed by atoms with E-state index in [-0.39, 0.29) is 12.2 Å². The largest absolute Gasteiger partial charge is 0.462 e. The molecule has 1 aliphatic rings. The molecule has 0 fully saturated rings. The fourth-order valence-corrected chi connectivity index (χ4v) is 1.59. The summed E-state index contributed by atoms with van der Waals surface area (Å²) in [5.74, 6) is -1.65. The fourth-order valence-electron chi connectivity index (χ4n) is 1.59. The van der Waals surface area contributed by atoms with Crippen molar-refractivity contribution < 1.29 is 19.1 Å². The Morgan fingerprint density at radius 1 is 1.00 bits per heavy atom. The van der Waals surface area contributed by atoms with Gasteiger partial charge in [-0.15, -0.1) is 0 Å². The van der Waals surface area contributed by atoms with Crippen LogP contribution in [0.5, 0.6) is 0 Å². The first kappa shape index (κ1) is 15.2. The summed E-state index contributed by atoms with van der Waals surface area (Å²) in [6.07, 6.45) is 7.96. The SMILES string of the molecule is CC(C)OC(=O)C1=CC=CC=CC1C(=O)OC(C)C. The Morgan fingerprint density at radius 2 is 1.63 bits per heavy atom. The number of esters is 2. The summed E-state index contributed by atoms with van der Waals surface area (Å²) >= 11 is 0. The maximum absolute atomic E-state index is 12.0. The summed E-state index contributed by atoms with van der Waals surface area (Å²) in [5.41, 5.74) is 0.296. The molecule has 104 valence electrons. The van der Waals surface area contributed by atoms with Crippen molar-refractivity contribution in [3.8, 4) is 0 Å². The van der Waals surface area contributed by atoms with Crippen LogP contribution >= 0.6 is 0 Å². The lowest BCUT2D eigenvalue weighted by Gasteiger charge is -2.17. The van der Waals surface area contributed by atoms with Crippen molar-refractivity contribution in [2.75, 3.05) is 0 Å². The molecule has 0 amide bonds. The van der Waals surface area contributed by atoms with E-state index in [9.17, 15) is 9.59 Å². The molecule has 19 heavy (non-hydrogen) atoms. The molecule has 0 saturated carbocycles. The van der Waals surface area contributed by atoms with Gasteiger partial charge in [0.05, 0.1) is 17.8 Å². The molecule has 0 aromatic rings. The van der Waals surface area contributed by atoms with Gasteiger partial charge in [-0.1, -0.05) is 30.4 Å². The zero-order valence-corrected chi connectivity index (χ0v) is 11.8. The third-order valence-electron chi connectivity index (χ3n) is 2.32. The van der Waals surface area contributed by atoms with E-state index in [1.165, 1.54) is 0 Å². The molecule has 0 radical (unpaired) electrons. The lowest BCUT2D eigenvalue weighted by atomic mass is 9.99. The van der Waals surface area contributed by atoms with Crippen LogP contribution in [0, 0.1) is 5.92 Å². The molecule has 1 rings (SSSR count). The van der Waals surface area contributed by atoms with Crippen molar-refractivity contribution in [3.05, 3.63) is 36.0 Å². The van der Waals surface area contributed by atoms with Gasteiger partial charge in [-0.2, -0.15) is 0 Å². The van der Waals surface area contributed by atoms with E-state index in [0.717, 1.165) is 0 Å². The van der Waals surface area contributed by atoms with Crippen LogP contribution < -0.4 is 0 Å². The van der Waals surface area contributed by atoms with Crippen LogP contribution in [0.4, 0.5) is 0 Å². The molecule has 1 aliphatic carbocycles. The number of rotatable bonds is 4. The molecule has 1 unspecified atom stereocenters. The maximum atomic E-state index is 12.0. The lowest BCUT2D eigenvalue weighted by Crippen LogP contribution is -2.26. The van der Waals surface area contributed by atoms with Gasteiger partial charge in [0.2, 0.25) is 0 Å². The lowest BCUT2D eigenvalue weighted by molar-refractivity contribution is -0.153. The Bertz CT molecular complexity index is 427. The first-order valence-corrected chi connectivity index (χ1v) is 6.38. The summed E-state index contributed by atoms with van der Waals surface area (Å²) in [5, 5.41) is 0. The minimum atomic E-state index is -0.719. The van der Waals surface area contributed by atoms with E-state index in [0.29, 0.717) is 5.57 Å². The Hall–Kier alpha value is -1.84. The van der Waals surface area contributed by atoms with E-state index < -0.39 is 17.9 Å². The minimum absolute atomic E-state index is 0.223.